The summed E-state index contributed by atoms with van der Waals surface area (Å²) in [5.41, 5.74) is 11.6. The van der Waals surface area contributed by atoms with Crippen LogP contribution in [0.5, 0.6) is 0 Å². The van der Waals surface area contributed by atoms with E-state index in [1.54, 1.807) is 24.7 Å². The summed E-state index contributed by atoms with van der Waals surface area (Å²) in [6, 6.07) is 39.2. The molecule has 0 unspecified atom stereocenters. The van der Waals surface area contributed by atoms with Gasteiger partial charge in [-0.2, -0.15) is 0 Å². The van der Waals surface area contributed by atoms with Crippen molar-refractivity contribution in [2.24, 2.45) is 5.73 Å². The number of nitrogens with zero attached hydrogens (tertiary/aromatic N) is 4. The second-order valence-corrected chi connectivity index (χ2v) is 9.26. The van der Waals surface area contributed by atoms with Gasteiger partial charge in [0, 0.05) is 23.9 Å². The maximum absolute atomic E-state index is 13.5. The molecule has 6 heteroatoms. The van der Waals surface area contributed by atoms with E-state index < -0.39 is 5.54 Å². The summed E-state index contributed by atoms with van der Waals surface area (Å²) in [5.74, 6) is 0.241. The van der Waals surface area contributed by atoms with E-state index in [1.807, 2.05) is 65.3 Å². The predicted octanol–water partition coefficient (Wildman–Crippen LogP) is 6.45. The van der Waals surface area contributed by atoms with Crippen LogP contribution in [0.4, 0.5) is 4.39 Å². The number of rotatable bonds is 7. The number of pyridine rings is 1. The zero-order valence-electron chi connectivity index (χ0n) is 21.2. The van der Waals surface area contributed by atoms with Gasteiger partial charge >= 0.3 is 0 Å². The topological polar surface area (TPSA) is 69.6 Å². The van der Waals surface area contributed by atoms with E-state index in [0.717, 1.165) is 33.4 Å². The first-order valence-electron chi connectivity index (χ1n) is 12.7. The van der Waals surface area contributed by atoms with Crippen LogP contribution in [0, 0.1) is 5.82 Å². The Labute approximate surface area is 226 Å². The van der Waals surface area contributed by atoms with Crippen molar-refractivity contribution in [3.63, 3.8) is 0 Å². The molecule has 0 saturated carbocycles. The van der Waals surface area contributed by atoms with Crippen molar-refractivity contribution in [3.8, 4) is 22.6 Å². The molecule has 0 aliphatic rings. The van der Waals surface area contributed by atoms with Gasteiger partial charge in [-0.15, -0.1) is 5.10 Å². The lowest BCUT2D eigenvalue weighted by Crippen LogP contribution is -2.38. The van der Waals surface area contributed by atoms with E-state index in [0.29, 0.717) is 11.5 Å². The minimum absolute atomic E-state index is 0.280. The number of halogens is 1. The molecule has 0 aliphatic heterocycles. The minimum Gasteiger partial charge on any atom is -0.326 e. The van der Waals surface area contributed by atoms with Gasteiger partial charge in [-0.25, -0.2) is 14.1 Å². The summed E-state index contributed by atoms with van der Waals surface area (Å²) < 4.78 is 15.5. The molecule has 0 bridgehead atoms. The smallest absolute Gasteiger partial charge is 0.181 e. The molecule has 5 nitrogen and oxygen atoms in total. The zero-order valence-corrected chi connectivity index (χ0v) is 21.2. The normalized spacial score (nSPS) is 11.4. The van der Waals surface area contributed by atoms with Gasteiger partial charge in [-0.3, -0.25) is 4.98 Å². The maximum Gasteiger partial charge on any atom is 0.181 e. The summed E-state index contributed by atoms with van der Waals surface area (Å²) in [7, 11) is 0. The van der Waals surface area contributed by atoms with Crippen molar-refractivity contribution in [2.45, 2.75) is 12.1 Å². The Bertz CT molecular complexity index is 1590. The second kappa shape index (κ2) is 10.4. The SMILES string of the molecule is NCc1cnc(-c2ccc(F)cc2)cc1-c1ncn(C(c2ccccc2)(c2ccccc2)c2ccccc2)n1. The fourth-order valence-electron chi connectivity index (χ4n) is 5.12. The van der Waals surface area contributed by atoms with Gasteiger partial charge in [0.1, 0.15) is 17.7 Å². The average Bonchev–Trinajstić information content (AvgIpc) is 3.50. The van der Waals surface area contributed by atoms with Crippen molar-refractivity contribution in [3.05, 3.63) is 162 Å². The number of hydrogen-bond donors (Lipinski definition) is 1. The van der Waals surface area contributed by atoms with Gasteiger partial charge in [-0.05, 0) is 52.6 Å². The third kappa shape index (κ3) is 4.41. The average molecular weight is 512 g/mol. The third-order valence-electron chi connectivity index (χ3n) is 7.00. The molecule has 0 fully saturated rings. The van der Waals surface area contributed by atoms with E-state index in [-0.39, 0.29) is 12.4 Å². The van der Waals surface area contributed by atoms with Crippen LogP contribution in [0.3, 0.4) is 0 Å². The van der Waals surface area contributed by atoms with Crippen molar-refractivity contribution < 1.29 is 4.39 Å². The first kappa shape index (κ1) is 24.4. The lowest BCUT2D eigenvalue weighted by molar-refractivity contribution is 0.459. The van der Waals surface area contributed by atoms with Gasteiger partial charge in [-0.1, -0.05) is 91.0 Å². The largest absolute Gasteiger partial charge is 0.326 e. The van der Waals surface area contributed by atoms with E-state index in [1.165, 1.54) is 12.1 Å². The van der Waals surface area contributed by atoms with Crippen molar-refractivity contribution in [2.75, 3.05) is 0 Å². The van der Waals surface area contributed by atoms with Crippen LogP contribution in [0.2, 0.25) is 0 Å². The predicted molar refractivity (Wildman–Crippen MR) is 151 cm³/mol. The van der Waals surface area contributed by atoms with E-state index in [9.17, 15) is 4.39 Å². The molecular weight excluding hydrogens is 485 g/mol. The molecule has 4 aromatic carbocycles. The highest BCUT2D eigenvalue weighted by atomic mass is 19.1. The lowest BCUT2D eigenvalue weighted by atomic mass is 9.77. The molecule has 2 aromatic heterocycles. The molecule has 0 aliphatic carbocycles. The van der Waals surface area contributed by atoms with Gasteiger partial charge in [0.05, 0.1) is 5.69 Å². The Morgan fingerprint density at radius 2 is 1.23 bits per heavy atom. The van der Waals surface area contributed by atoms with Crippen LogP contribution < -0.4 is 5.73 Å². The molecule has 0 spiro atoms. The number of benzene rings is 4. The molecular formula is C33H26FN5. The molecule has 2 N–H and O–H groups in total. The standard InChI is InChI=1S/C33H26FN5/c34-29-18-16-24(17-19-29)31-20-30(25(21-35)22-36-31)32-37-23-39(38-32)33(26-10-4-1-5-11-26,27-12-6-2-7-13-27)28-14-8-3-9-15-28/h1-20,22-23H,21,35H2. The van der Waals surface area contributed by atoms with E-state index in [4.69, 9.17) is 15.8 Å². The Balaban J connectivity index is 1.57. The maximum atomic E-state index is 13.5. The van der Waals surface area contributed by atoms with Crippen LogP contribution in [0.1, 0.15) is 22.3 Å². The summed E-state index contributed by atoms with van der Waals surface area (Å²) in [5, 5.41) is 5.10. The molecule has 0 radical (unpaired) electrons. The molecule has 0 amide bonds. The van der Waals surface area contributed by atoms with Crippen LogP contribution >= 0.6 is 0 Å². The second-order valence-electron chi connectivity index (χ2n) is 9.26. The summed E-state index contributed by atoms with van der Waals surface area (Å²) in [6.07, 6.45) is 3.52. The Morgan fingerprint density at radius 3 is 1.74 bits per heavy atom. The van der Waals surface area contributed by atoms with Gasteiger partial charge < -0.3 is 5.73 Å². The van der Waals surface area contributed by atoms with Crippen LogP contribution in [0.15, 0.2) is 134 Å². The molecule has 0 atom stereocenters. The molecule has 6 rings (SSSR count). The fraction of sp³-hybridized carbons (Fsp3) is 0.0606. The van der Waals surface area contributed by atoms with Gasteiger partial charge in [0.2, 0.25) is 0 Å². The summed E-state index contributed by atoms with van der Waals surface area (Å²) >= 11 is 0. The molecule has 2 heterocycles. The van der Waals surface area contributed by atoms with Crippen LogP contribution in [-0.2, 0) is 12.1 Å². The fourth-order valence-corrected chi connectivity index (χ4v) is 5.12. The minimum atomic E-state index is -0.773. The highest BCUT2D eigenvalue weighted by Crippen LogP contribution is 2.40. The van der Waals surface area contributed by atoms with Crippen molar-refractivity contribution in [1.29, 1.82) is 0 Å². The lowest BCUT2D eigenvalue weighted by Gasteiger charge is -2.35. The van der Waals surface area contributed by atoms with Crippen LogP contribution in [-0.4, -0.2) is 19.7 Å². The Kier molecular flexibility index (Phi) is 6.53. The summed E-state index contributed by atoms with van der Waals surface area (Å²) in [4.78, 5) is 9.36. The molecule has 190 valence electrons. The van der Waals surface area contributed by atoms with Gasteiger partial charge in [0.25, 0.3) is 0 Å². The Hall–Kier alpha value is -4.94. The first-order chi connectivity index (χ1) is 19.2. The monoisotopic (exact) mass is 511 g/mol. The van der Waals surface area contributed by atoms with Crippen LogP contribution in [0.25, 0.3) is 22.6 Å². The van der Waals surface area contributed by atoms with Gasteiger partial charge in [0.15, 0.2) is 5.82 Å². The third-order valence-corrected chi connectivity index (χ3v) is 7.00. The first-order valence-corrected chi connectivity index (χ1v) is 12.7. The quantitative estimate of drug-likeness (QED) is 0.250. The molecule has 39 heavy (non-hydrogen) atoms. The van der Waals surface area contributed by atoms with E-state index >= 15 is 0 Å². The number of hydrogen-bond acceptors (Lipinski definition) is 4. The van der Waals surface area contributed by atoms with Crippen molar-refractivity contribution in [1.82, 2.24) is 19.7 Å². The highest BCUT2D eigenvalue weighted by molar-refractivity contribution is 5.69. The number of aromatic nitrogens is 4. The summed E-state index contributed by atoms with van der Waals surface area (Å²) in [6.45, 7) is 0.280. The van der Waals surface area contributed by atoms with Crippen molar-refractivity contribution >= 4 is 0 Å². The Morgan fingerprint density at radius 1 is 0.692 bits per heavy atom. The number of nitrogens with two attached hydrogens (primary N) is 1. The van der Waals surface area contributed by atoms with E-state index in [2.05, 4.69) is 41.4 Å². The molecule has 0 saturated heterocycles. The molecule has 6 aromatic rings. The highest BCUT2D eigenvalue weighted by Gasteiger charge is 2.39. The zero-order chi connectivity index (χ0) is 26.7.